The van der Waals surface area contributed by atoms with Crippen molar-refractivity contribution in [1.29, 1.82) is 0 Å². The van der Waals surface area contributed by atoms with Crippen molar-refractivity contribution in [2.75, 3.05) is 13.1 Å². The van der Waals surface area contributed by atoms with Crippen LogP contribution in [-0.2, 0) is 15.7 Å². The van der Waals surface area contributed by atoms with Gasteiger partial charge in [-0.15, -0.1) is 0 Å². The van der Waals surface area contributed by atoms with Gasteiger partial charge < -0.3 is 15.0 Å². The standard InChI is InChI=1S/C29H37F3N4O3/c1-27(2,3)39-26(38)33-28(12-4-5-13-28)25(37)36-16-20(18-8-10-22(11-9-18)29(30,31)32)14-21(17-36)24-15-23(34-35-24)19-6-7-19/h8-11,15,19-21H,4-7,12-14,16-17H2,1-3H3,(H,33,38)(H,34,35). The molecule has 7 nitrogen and oxygen atoms in total. The number of hydrogen-bond donors (Lipinski definition) is 2. The average molecular weight is 547 g/mol. The van der Waals surface area contributed by atoms with E-state index in [1.54, 1.807) is 25.7 Å². The first-order valence-electron chi connectivity index (χ1n) is 13.9. The van der Waals surface area contributed by atoms with E-state index in [-0.39, 0.29) is 17.7 Å². The number of rotatable bonds is 5. The van der Waals surface area contributed by atoms with Crippen LogP contribution in [0.15, 0.2) is 30.3 Å². The number of alkyl halides is 3. The Morgan fingerprint density at radius 3 is 2.26 bits per heavy atom. The zero-order valence-electron chi connectivity index (χ0n) is 22.7. The molecule has 212 valence electrons. The molecule has 3 fully saturated rings. The van der Waals surface area contributed by atoms with E-state index in [9.17, 15) is 22.8 Å². The number of alkyl carbamates (subject to hydrolysis) is 1. The summed E-state index contributed by atoms with van der Waals surface area (Å²) < 4.78 is 45.1. The molecule has 2 aliphatic carbocycles. The number of carbonyl (C=O) groups excluding carboxylic acids is 2. The van der Waals surface area contributed by atoms with Crippen LogP contribution >= 0.6 is 0 Å². The third kappa shape index (κ3) is 6.25. The van der Waals surface area contributed by atoms with Gasteiger partial charge in [0.2, 0.25) is 5.91 Å². The Labute approximate surface area is 226 Å². The van der Waals surface area contributed by atoms with Crippen molar-refractivity contribution in [3.63, 3.8) is 0 Å². The van der Waals surface area contributed by atoms with Crippen LogP contribution in [0, 0.1) is 0 Å². The van der Waals surface area contributed by atoms with E-state index in [2.05, 4.69) is 21.6 Å². The lowest BCUT2D eigenvalue weighted by molar-refractivity contribution is -0.140. The summed E-state index contributed by atoms with van der Waals surface area (Å²) >= 11 is 0. The van der Waals surface area contributed by atoms with Crippen LogP contribution in [0.3, 0.4) is 0 Å². The molecule has 0 spiro atoms. The minimum Gasteiger partial charge on any atom is -0.444 e. The first-order chi connectivity index (χ1) is 18.3. The molecule has 3 aliphatic rings. The fourth-order valence-corrected chi connectivity index (χ4v) is 6.00. The molecule has 2 aromatic rings. The lowest BCUT2D eigenvalue weighted by Gasteiger charge is -2.42. The Morgan fingerprint density at radius 1 is 1.03 bits per heavy atom. The first kappa shape index (κ1) is 27.5. The quantitative estimate of drug-likeness (QED) is 0.465. The summed E-state index contributed by atoms with van der Waals surface area (Å²) in [6.45, 7) is 6.12. The Hall–Kier alpha value is -3.04. The van der Waals surface area contributed by atoms with Crippen molar-refractivity contribution >= 4 is 12.0 Å². The Balaban J connectivity index is 1.42. The van der Waals surface area contributed by atoms with Gasteiger partial charge in [0.1, 0.15) is 11.1 Å². The maximum atomic E-state index is 14.2. The number of H-pyrrole nitrogens is 1. The summed E-state index contributed by atoms with van der Waals surface area (Å²) in [6.07, 6.45) is 0.552. The van der Waals surface area contributed by atoms with Crippen LogP contribution < -0.4 is 5.32 Å². The molecule has 0 bridgehead atoms. The number of nitrogens with zero attached hydrogens (tertiary/aromatic N) is 2. The smallest absolute Gasteiger partial charge is 0.416 e. The summed E-state index contributed by atoms with van der Waals surface area (Å²) in [5, 5.41) is 10.6. The lowest BCUT2D eigenvalue weighted by atomic mass is 9.81. The Kier molecular flexibility index (Phi) is 7.18. The number of hydrogen-bond acceptors (Lipinski definition) is 4. The highest BCUT2D eigenvalue weighted by molar-refractivity contribution is 5.90. The normalized spacial score (nSPS) is 23.5. The van der Waals surface area contributed by atoms with Gasteiger partial charge in [0.25, 0.3) is 0 Å². The van der Waals surface area contributed by atoms with E-state index in [0.29, 0.717) is 38.3 Å². The van der Waals surface area contributed by atoms with Gasteiger partial charge in [-0.1, -0.05) is 25.0 Å². The number of halogens is 3. The van der Waals surface area contributed by atoms with E-state index in [1.807, 2.05) is 0 Å². The van der Waals surface area contributed by atoms with Gasteiger partial charge in [-0.2, -0.15) is 18.3 Å². The van der Waals surface area contributed by atoms with Crippen molar-refractivity contribution in [3.8, 4) is 0 Å². The van der Waals surface area contributed by atoms with Crippen molar-refractivity contribution < 1.29 is 27.5 Å². The molecule has 2 unspecified atom stereocenters. The maximum absolute atomic E-state index is 14.2. The molecule has 2 atom stereocenters. The lowest BCUT2D eigenvalue weighted by Crippen LogP contribution is -2.60. The van der Waals surface area contributed by atoms with Crippen LogP contribution in [0.25, 0.3) is 0 Å². The van der Waals surface area contributed by atoms with Crippen molar-refractivity contribution in [2.45, 2.75) is 101 Å². The molecule has 1 saturated heterocycles. The molecule has 1 aliphatic heterocycles. The fourth-order valence-electron chi connectivity index (χ4n) is 6.00. The summed E-state index contributed by atoms with van der Waals surface area (Å²) in [5.41, 5.74) is 0.268. The van der Waals surface area contributed by atoms with Gasteiger partial charge in [-0.3, -0.25) is 9.89 Å². The number of amides is 2. The monoisotopic (exact) mass is 546 g/mol. The third-order valence-electron chi connectivity index (χ3n) is 8.11. The highest BCUT2D eigenvalue weighted by Crippen LogP contribution is 2.43. The van der Waals surface area contributed by atoms with Crippen molar-refractivity contribution in [3.05, 3.63) is 52.8 Å². The summed E-state index contributed by atoms with van der Waals surface area (Å²) in [7, 11) is 0. The number of piperidine rings is 1. The van der Waals surface area contributed by atoms with Gasteiger partial charge in [-0.05, 0) is 76.6 Å². The fraction of sp³-hybridized carbons (Fsp3) is 0.621. The largest absolute Gasteiger partial charge is 0.444 e. The van der Waals surface area contributed by atoms with Crippen molar-refractivity contribution in [1.82, 2.24) is 20.4 Å². The van der Waals surface area contributed by atoms with Gasteiger partial charge in [0.15, 0.2) is 0 Å². The molecule has 10 heteroatoms. The molecule has 2 saturated carbocycles. The molecule has 2 amide bonds. The van der Waals surface area contributed by atoms with E-state index in [0.717, 1.165) is 54.8 Å². The van der Waals surface area contributed by atoms with E-state index in [1.165, 1.54) is 12.1 Å². The van der Waals surface area contributed by atoms with Gasteiger partial charge in [0, 0.05) is 36.5 Å². The highest BCUT2D eigenvalue weighted by Gasteiger charge is 2.47. The second kappa shape index (κ2) is 10.2. The number of aromatic nitrogens is 2. The average Bonchev–Trinajstić information content (AvgIpc) is 3.40. The SMILES string of the molecule is CC(C)(C)OC(=O)NC1(C(=O)N2CC(c3ccc(C(F)(F)F)cc3)CC(c3cc(C4CC4)[nH]n3)C2)CCCC1. The Bertz CT molecular complexity index is 1190. The molecule has 0 radical (unpaired) electrons. The molecular weight excluding hydrogens is 509 g/mol. The predicted octanol–water partition coefficient (Wildman–Crippen LogP) is 6.24. The van der Waals surface area contributed by atoms with E-state index < -0.39 is 29.0 Å². The van der Waals surface area contributed by atoms with E-state index >= 15 is 0 Å². The molecule has 1 aromatic carbocycles. The van der Waals surface area contributed by atoms with Gasteiger partial charge in [0.05, 0.1) is 11.3 Å². The third-order valence-corrected chi connectivity index (χ3v) is 8.11. The Morgan fingerprint density at radius 2 is 1.67 bits per heavy atom. The topological polar surface area (TPSA) is 87.3 Å². The minimum absolute atomic E-state index is 0.0845. The first-order valence-corrected chi connectivity index (χ1v) is 13.9. The minimum atomic E-state index is -4.41. The number of aromatic amines is 1. The molecule has 39 heavy (non-hydrogen) atoms. The van der Waals surface area contributed by atoms with Gasteiger partial charge in [-0.25, -0.2) is 4.79 Å². The van der Waals surface area contributed by atoms with Gasteiger partial charge >= 0.3 is 12.3 Å². The van der Waals surface area contributed by atoms with Crippen LogP contribution in [-0.4, -0.2) is 51.3 Å². The summed E-state index contributed by atoms with van der Waals surface area (Å²) in [4.78, 5) is 28.7. The number of carbonyl (C=O) groups is 2. The predicted molar refractivity (Wildman–Crippen MR) is 139 cm³/mol. The second-order valence-electron chi connectivity index (χ2n) is 12.4. The van der Waals surface area contributed by atoms with Crippen LogP contribution in [0.2, 0.25) is 0 Å². The van der Waals surface area contributed by atoms with Crippen LogP contribution in [0.5, 0.6) is 0 Å². The number of benzene rings is 1. The van der Waals surface area contributed by atoms with Crippen molar-refractivity contribution in [2.24, 2.45) is 0 Å². The molecule has 2 heterocycles. The number of likely N-dealkylation sites (tertiary alicyclic amines) is 1. The number of ether oxygens (including phenoxy) is 1. The van der Waals surface area contributed by atoms with Crippen LogP contribution in [0.4, 0.5) is 18.0 Å². The molecular formula is C29H37F3N4O3. The van der Waals surface area contributed by atoms with E-state index in [4.69, 9.17) is 4.74 Å². The van der Waals surface area contributed by atoms with Crippen LogP contribution in [0.1, 0.15) is 106 Å². The molecule has 5 rings (SSSR count). The molecule has 2 N–H and O–H groups in total. The number of nitrogens with one attached hydrogen (secondary N) is 2. The second-order valence-corrected chi connectivity index (χ2v) is 12.4. The zero-order chi connectivity index (χ0) is 28.0. The highest BCUT2D eigenvalue weighted by atomic mass is 19.4. The molecule has 1 aromatic heterocycles. The zero-order valence-corrected chi connectivity index (χ0v) is 22.7. The summed E-state index contributed by atoms with van der Waals surface area (Å²) in [6, 6.07) is 7.32. The maximum Gasteiger partial charge on any atom is 0.416 e. The summed E-state index contributed by atoms with van der Waals surface area (Å²) in [5.74, 6) is 0.0817.